The standard InChI is InChI=1S/C25H21N3O4/c1-16-23(19-12-5-7-13-20(19)26-16)24(30)25(31)28-27-22(29)15-32-21-14-8-6-11-18(21)17-9-3-2-4-10-17/h2-14,26H,15H2,1H3,(H,27,29)(H,28,31). The lowest BCUT2D eigenvalue weighted by Crippen LogP contribution is -2.46. The first-order valence-electron chi connectivity index (χ1n) is 10.0. The number of hydrogen-bond donors (Lipinski definition) is 3. The molecule has 160 valence electrons. The molecule has 0 bridgehead atoms. The molecule has 0 aliphatic rings. The van der Waals surface area contributed by atoms with Crippen molar-refractivity contribution in [2.75, 3.05) is 6.61 Å². The van der Waals surface area contributed by atoms with Crippen LogP contribution in [0.3, 0.4) is 0 Å². The molecule has 0 saturated heterocycles. The van der Waals surface area contributed by atoms with Gasteiger partial charge in [0.1, 0.15) is 5.75 Å². The molecule has 1 aromatic heterocycles. The number of Topliss-reactive ketones (excluding diaryl/α,β-unsaturated/α-hetero) is 1. The average molecular weight is 427 g/mol. The van der Waals surface area contributed by atoms with Crippen LogP contribution in [0.1, 0.15) is 16.1 Å². The van der Waals surface area contributed by atoms with E-state index in [-0.39, 0.29) is 12.2 Å². The number of fused-ring (bicyclic) bond motifs is 1. The number of amides is 2. The Morgan fingerprint density at radius 1 is 0.844 bits per heavy atom. The van der Waals surface area contributed by atoms with Crippen LogP contribution < -0.4 is 15.6 Å². The zero-order valence-electron chi connectivity index (χ0n) is 17.3. The lowest BCUT2D eigenvalue weighted by atomic mass is 10.1. The molecule has 7 nitrogen and oxygen atoms in total. The first-order chi connectivity index (χ1) is 15.5. The van der Waals surface area contributed by atoms with Gasteiger partial charge in [-0.15, -0.1) is 0 Å². The number of hydrazine groups is 1. The topological polar surface area (TPSA) is 100 Å². The summed E-state index contributed by atoms with van der Waals surface area (Å²) in [5.74, 6) is -1.73. The molecule has 4 rings (SSSR count). The number of aromatic nitrogens is 1. The van der Waals surface area contributed by atoms with E-state index in [0.29, 0.717) is 16.8 Å². The number of H-pyrrole nitrogens is 1. The Morgan fingerprint density at radius 2 is 1.53 bits per heavy atom. The molecule has 1 heterocycles. The second-order valence-corrected chi connectivity index (χ2v) is 7.15. The Labute approximate surface area is 184 Å². The molecular weight excluding hydrogens is 406 g/mol. The molecule has 0 radical (unpaired) electrons. The highest BCUT2D eigenvalue weighted by molar-refractivity contribution is 6.45. The minimum atomic E-state index is -0.934. The van der Waals surface area contributed by atoms with Crippen molar-refractivity contribution in [3.05, 3.63) is 90.1 Å². The Kier molecular flexibility index (Phi) is 5.98. The minimum absolute atomic E-state index is 0.278. The molecule has 3 N–H and O–H groups in total. The van der Waals surface area contributed by atoms with E-state index in [1.54, 1.807) is 25.1 Å². The molecule has 0 aliphatic carbocycles. The third-order valence-electron chi connectivity index (χ3n) is 4.97. The smallest absolute Gasteiger partial charge is 0.310 e. The molecule has 0 atom stereocenters. The number of aromatic amines is 1. The summed E-state index contributed by atoms with van der Waals surface area (Å²) in [6.45, 7) is 1.39. The first-order valence-corrected chi connectivity index (χ1v) is 10.0. The van der Waals surface area contributed by atoms with Gasteiger partial charge in [0.15, 0.2) is 6.61 Å². The van der Waals surface area contributed by atoms with Gasteiger partial charge in [-0.1, -0.05) is 66.7 Å². The molecular formula is C25H21N3O4. The van der Waals surface area contributed by atoms with E-state index < -0.39 is 17.6 Å². The monoisotopic (exact) mass is 427 g/mol. The molecule has 4 aromatic rings. The number of para-hydroxylation sites is 2. The maximum absolute atomic E-state index is 12.6. The third kappa shape index (κ3) is 4.37. The summed E-state index contributed by atoms with van der Waals surface area (Å²) in [6, 6.07) is 24.2. The van der Waals surface area contributed by atoms with Crippen LogP contribution in [0.4, 0.5) is 0 Å². The fourth-order valence-corrected chi connectivity index (χ4v) is 3.49. The molecule has 32 heavy (non-hydrogen) atoms. The molecule has 0 saturated carbocycles. The van der Waals surface area contributed by atoms with Gasteiger partial charge < -0.3 is 9.72 Å². The number of carbonyl (C=O) groups is 3. The molecule has 0 aliphatic heterocycles. The molecule has 0 fully saturated rings. The van der Waals surface area contributed by atoms with E-state index in [2.05, 4.69) is 15.8 Å². The van der Waals surface area contributed by atoms with Gasteiger partial charge in [0, 0.05) is 22.2 Å². The van der Waals surface area contributed by atoms with Gasteiger partial charge in [0.05, 0.1) is 5.56 Å². The Hall–Kier alpha value is -4.39. The van der Waals surface area contributed by atoms with E-state index in [4.69, 9.17) is 4.74 Å². The second kappa shape index (κ2) is 9.18. The van der Waals surface area contributed by atoms with Gasteiger partial charge in [-0.25, -0.2) is 0 Å². The highest BCUT2D eigenvalue weighted by Gasteiger charge is 2.23. The van der Waals surface area contributed by atoms with Crippen LogP contribution in [0.5, 0.6) is 5.75 Å². The lowest BCUT2D eigenvalue weighted by Gasteiger charge is -2.12. The van der Waals surface area contributed by atoms with E-state index in [1.807, 2.05) is 60.7 Å². The van der Waals surface area contributed by atoms with Crippen molar-refractivity contribution in [1.82, 2.24) is 15.8 Å². The predicted molar refractivity (Wildman–Crippen MR) is 121 cm³/mol. The normalized spacial score (nSPS) is 10.5. The van der Waals surface area contributed by atoms with Gasteiger partial charge in [-0.2, -0.15) is 0 Å². The number of ether oxygens (including phenoxy) is 1. The fraction of sp³-hybridized carbons (Fsp3) is 0.0800. The van der Waals surface area contributed by atoms with Crippen LogP contribution in [0.25, 0.3) is 22.0 Å². The number of hydrogen-bond acceptors (Lipinski definition) is 4. The van der Waals surface area contributed by atoms with Crippen LogP contribution >= 0.6 is 0 Å². The summed E-state index contributed by atoms with van der Waals surface area (Å²) in [5.41, 5.74) is 7.81. The molecule has 0 spiro atoms. The number of rotatable bonds is 6. The van der Waals surface area contributed by atoms with Gasteiger partial charge >= 0.3 is 5.91 Å². The number of ketones is 1. The summed E-state index contributed by atoms with van der Waals surface area (Å²) in [6.07, 6.45) is 0. The molecule has 3 aromatic carbocycles. The third-order valence-corrected chi connectivity index (χ3v) is 4.97. The van der Waals surface area contributed by atoms with E-state index in [9.17, 15) is 14.4 Å². The van der Waals surface area contributed by atoms with Crippen molar-refractivity contribution in [2.45, 2.75) is 6.92 Å². The van der Waals surface area contributed by atoms with Gasteiger partial charge in [0.25, 0.3) is 11.7 Å². The maximum Gasteiger partial charge on any atom is 0.310 e. The summed E-state index contributed by atoms with van der Waals surface area (Å²) in [4.78, 5) is 40.2. The zero-order valence-corrected chi connectivity index (χ0v) is 17.3. The lowest BCUT2D eigenvalue weighted by molar-refractivity contribution is -0.128. The maximum atomic E-state index is 12.6. The van der Waals surface area contributed by atoms with Crippen molar-refractivity contribution < 1.29 is 19.1 Å². The number of benzene rings is 3. The summed E-state index contributed by atoms with van der Waals surface area (Å²) >= 11 is 0. The Bertz CT molecular complexity index is 1300. The summed E-state index contributed by atoms with van der Waals surface area (Å²) in [5, 5.41) is 0.650. The van der Waals surface area contributed by atoms with Crippen molar-refractivity contribution in [3.8, 4) is 16.9 Å². The minimum Gasteiger partial charge on any atom is -0.483 e. The SMILES string of the molecule is Cc1[nH]c2ccccc2c1C(=O)C(=O)NNC(=O)COc1ccccc1-c1ccccc1. The second-order valence-electron chi connectivity index (χ2n) is 7.15. The van der Waals surface area contributed by atoms with Crippen molar-refractivity contribution in [3.63, 3.8) is 0 Å². The predicted octanol–water partition coefficient (Wildman–Crippen LogP) is 3.55. The highest BCUT2D eigenvalue weighted by atomic mass is 16.5. The van der Waals surface area contributed by atoms with E-state index >= 15 is 0 Å². The first kappa shape index (κ1) is 20.9. The van der Waals surface area contributed by atoms with Crippen LogP contribution in [-0.2, 0) is 9.59 Å². The van der Waals surface area contributed by atoms with E-state index in [1.165, 1.54) is 0 Å². The van der Waals surface area contributed by atoms with Crippen molar-refractivity contribution in [1.29, 1.82) is 0 Å². The quantitative estimate of drug-likeness (QED) is 0.249. The fourth-order valence-electron chi connectivity index (χ4n) is 3.49. The van der Waals surface area contributed by atoms with Crippen LogP contribution in [-0.4, -0.2) is 29.2 Å². The average Bonchev–Trinajstić information content (AvgIpc) is 3.17. The Balaban J connectivity index is 1.36. The molecule has 0 unspecified atom stereocenters. The number of carbonyl (C=O) groups excluding carboxylic acids is 3. The summed E-state index contributed by atoms with van der Waals surface area (Å²) < 4.78 is 5.64. The van der Waals surface area contributed by atoms with Gasteiger partial charge in [-0.3, -0.25) is 25.2 Å². The van der Waals surface area contributed by atoms with Crippen molar-refractivity contribution >= 4 is 28.5 Å². The number of aryl methyl sites for hydroxylation is 1. The largest absolute Gasteiger partial charge is 0.483 e. The molecule has 2 amide bonds. The van der Waals surface area contributed by atoms with Crippen LogP contribution in [0.2, 0.25) is 0 Å². The van der Waals surface area contributed by atoms with Crippen molar-refractivity contribution in [2.24, 2.45) is 0 Å². The van der Waals surface area contributed by atoms with Gasteiger partial charge in [0.2, 0.25) is 0 Å². The Morgan fingerprint density at radius 3 is 2.34 bits per heavy atom. The molecule has 7 heteroatoms. The summed E-state index contributed by atoms with van der Waals surface area (Å²) in [7, 11) is 0. The van der Waals surface area contributed by atoms with E-state index in [0.717, 1.165) is 16.6 Å². The van der Waals surface area contributed by atoms with Gasteiger partial charge in [-0.05, 0) is 24.6 Å². The van der Waals surface area contributed by atoms with Crippen LogP contribution in [0, 0.1) is 6.92 Å². The zero-order chi connectivity index (χ0) is 22.5. The van der Waals surface area contributed by atoms with Crippen LogP contribution in [0.15, 0.2) is 78.9 Å². The number of nitrogens with one attached hydrogen (secondary N) is 3. The highest BCUT2D eigenvalue weighted by Crippen LogP contribution is 2.29.